The van der Waals surface area contributed by atoms with Crippen molar-refractivity contribution >= 4 is 12.6 Å². The molecule has 1 atom stereocenters. The Kier molecular flexibility index (Phi) is 5.59. The van der Waals surface area contributed by atoms with Gasteiger partial charge in [-0.05, 0) is 6.92 Å². The number of hydrogen-bond acceptors (Lipinski definition) is 3. The first-order valence-electron chi connectivity index (χ1n) is 2.77. The van der Waals surface area contributed by atoms with E-state index in [1.165, 1.54) is 0 Å². The first-order chi connectivity index (χ1) is 3.77. The smallest absolute Gasteiger partial charge is 0.0636 e. The van der Waals surface area contributed by atoms with Crippen LogP contribution in [0.5, 0.6) is 0 Å². The van der Waals surface area contributed by atoms with Gasteiger partial charge in [-0.2, -0.15) is 12.6 Å². The van der Waals surface area contributed by atoms with Gasteiger partial charge in [-0.1, -0.05) is 0 Å². The third kappa shape index (κ3) is 6.27. The minimum atomic E-state index is -0.241. The highest BCUT2D eigenvalue weighted by Gasteiger charge is 1.90. The summed E-state index contributed by atoms with van der Waals surface area (Å²) in [5.41, 5.74) is 0. The van der Waals surface area contributed by atoms with E-state index in [-0.39, 0.29) is 6.10 Å². The standard InChI is InChI=1S/C5H13NOS/c1-5(7)4-6-2-3-8/h5-8H,2-4H2,1H3. The molecule has 0 aromatic carbocycles. The summed E-state index contributed by atoms with van der Waals surface area (Å²) in [5, 5.41) is 11.7. The lowest BCUT2D eigenvalue weighted by Gasteiger charge is -2.03. The first kappa shape index (κ1) is 8.27. The van der Waals surface area contributed by atoms with Crippen LogP contribution in [0.4, 0.5) is 0 Å². The van der Waals surface area contributed by atoms with Crippen LogP contribution in [0, 0.1) is 0 Å². The molecule has 0 saturated heterocycles. The maximum Gasteiger partial charge on any atom is 0.0636 e. The molecule has 0 spiro atoms. The zero-order valence-electron chi connectivity index (χ0n) is 5.09. The molecule has 2 nitrogen and oxygen atoms in total. The van der Waals surface area contributed by atoms with E-state index >= 15 is 0 Å². The number of hydrogen-bond donors (Lipinski definition) is 3. The van der Waals surface area contributed by atoms with Crippen molar-refractivity contribution in [2.45, 2.75) is 13.0 Å². The van der Waals surface area contributed by atoms with E-state index in [0.717, 1.165) is 12.3 Å². The average molecular weight is 135 g/mol. The normalized spacial score (nSPS) is 13.9. The fourth-order valence-corrected chi connectivity index (χ4v) is 0.548. The lowest BCUT2D eigenvalue weighted by Crippen LogP contribution is -2.25. The van der Waals surface area contributed by atoms with Crippen molar-refractivity contribution in [3.63, 3.8) is 0 Å². The molecule has 0 aromatic rings. The number of rotatable bonds is 4. The Labute approximate surface area is 55.7 Å². The first-order valence-corrected chi connectivity index (χ1v) is 3.40. The van der Waals surface area contributed by atoms with E-state index in [9.17, 15) is 0 Å². The van der Waals surface area contributed by atoms with Gasteiger partial charge in [0.1, 0.15) is 0 Å². The van der Waals surface area contributed by atoms with E-state index < -0.39 is 0 Å². The predicted molar refractivity (Wildman–Crippen MR) is 38.4 cm³/mol. The van der Waals surface area contributed by atoms with Gasteiger partial charge in [0.15, 0.2) is 0 Å². The molecule has 8 heavy (non-hydrogen) atoms. The Morgan fingerprint density at radius 3 is 2.75 bits per heavy atom. The van der Waals surface area contributed by atoms with Gasteiger partial charge < -0.3 is 10.4 Å². The van der Waals surface area contributed by atoms with Gasteiger partial charge in [-0.3, -0.25) is 0 Å². The second-order valence-electron chi connectivity index (χ2n) is 1.78. The largest absolute Gasteiger partial charge is 0.392 e. The summed E-state index contributed by atoms with van der Waals surface area (Å²) in [6.07, 6.45) is -0.241. The van der Waals surface area contributed by atoms with Crippen molar-refractivity contribution in [2.75, 3.05) is 18.8 Å². The maximum absolute atomic E-state index is 8.69. The van der Waals surface area contributed by atoms with Crippen LogP contribution in [0.25, 0.3) is 0 Å². The topological polar surface area (TPSA) is 32.3 Å². The Morgan fingerprint density at radius 1 is 1.75 bits per heavy atom. The van der Waals surface area contributed by atoms with Crippen molar-refractivity contribution in [2.24, 2.45) is 0 Å². The van der Waals surface area contributed by atoms with E-state index in [0.29, 0.717) is 6.54 Å². The van der Waals surface area contributed by atoms with Crippen molar-refractivity contribution in [1.29, 1.82) is 0 Å². The molecule has 0 rings (SSSR count). The Bertz CT molecular complexity index is 49.7. The fourth-order valence-electron chi connectivity index (χ4n) is 0.390. The van der Waals surface area contributed by atoms with Gasteiger partial charge in [0, 0.05) is 18.8 Å². The van der Waals surface area contributed by atoms with E-state index in [4.69, 9.17) is 5.11 Å². The molecule has 2 N–H and O–H groups in total. The highest BCUT2D eigenvalue weighted by Crippen LogP contribution is 1.74. The zero-order chi connectivity index (χ0) is 6.41. The highest BCUT2D eigenvalue weighted by atomic mass is 32.1. The molecule has 0 aromatic heterocycles. The number of nitrogens with one attached hydrogen (secondary N) is 1. The summed E-state index contributed by atoms with van der Waals surface area (Å²) in [6, 6.07) is 0. The van der Waals surface area contributed by atoms with Crippen LogP contribution in [-0.2, 0) is 0 Å². The Hall–Kier alpha value is 0.270. The van der Waals surface area contributed by atoms with E-state index in [1.807, 2.05) is 0 Å². The molecule has 1 unspecified atom stereocenters. The van der Waals surface area contributed by atoms with Gasteiger partial charge in [0.25, 0.3) is 0 Å². The molecule has 0 radical (unpaired) electrons. The fraction of sp³-hybridized carbons (Fsp3) is 1.00. The predicted octanol–water partition coefficient (Wildman–Crippen LogP) is -0.113. The molecule has 0 bridgehead atoms. The summed E-state index contributed by atoms with van der Waals surface area (Å²) >= 11 is 3.98. The lowest BCUT2D eigenvalue weighted by atomic mass is 10.4. The third-order valence-corrected chi connectivity index (χ3v) is 0.952. The van der Waals surface area contributed by atoms with Crippen LogP contribution in [-0.4, -0.2) is 30.1 Å². The van der Waals surface area contributed by atoms with Crippen molar-refractivity contribution in [3.8, 4) is 0 Å². The van der Waals surface area contributed by atoms with Gasteiger partial charge in [0.2, 0.25) is 0 Å². The summed E-state index contributed by atoms with van der Waals surface area (Å²) in [7, 11) is 0. The average Bonchev–Trinajstić information content (AvgIpc) is 1.66. The molecule has 0 aliphatic rings. The Morgan fingerprint density at radius 2 is 2.38 bits per heavy atom. The molecule has 0 aliphatic heterocycles. The minimum absolute atomic E-state index is 0.241. The van der Waals surface area contributed by atoms with Crippen LogP contribution >= 0.6 is 12.6 Å². The summed E-state index contributed by atoms with van der Waals surface area (Å²) < 4.78 is 0. The molecular weight excluding hydrogens is 122 g/mol. The van der Waals surface area contributed by atoms with Gasteiger partial charge in [0.05, 0.1) is 6.10 Å². The summed E-state index contributed by atoms with van der Waals surface area (Å²) in [4.78, 5) is 0. The molecule has 0 fully saturated rings. The Balaban J connectivity index is 2.72. The van der Waals surface area contributed by atoms with Crippen LogP contribution in [0.1, 0.15) is 6.92 Å². The number of aliphatic hydroxyl groups excluding tert-OH is 1. The van der Waals surface area contributed by atoms with E-state index in [1.54, 1.807) is 6.92 Å². The molecule has 0 amide bonds. The molecule has 50 valence electrons. The summed E-state index contributed by atoms with van der Waals surface area (Å²) in [5.74, 6) is 0.826. The highest BCUT2D eigenvalue weighted by molar-refractivity contribution is 7.80. The molecule has 0 aliphatic carbocycles. The minimum Gasteiger partial charge on any atom is -0.392 e. The van der Waals surface area contributed by atoms with Crippen LogP contribution in [0.3, 0.4) is 0 Å². The van der Waals surface area contributed by atoms with Crippen molar-refractivity contribution in [1.82, 2.24) is 5.32 Å². The summed E-state index contributed by atoms with van der Waals surface area (Å²) in [6.45, 7) is 3.29. The quantitative estimate of drug-likeness (QED) is 0.371. The second-order valence-corrected chi connectivity index (χ2v) is 2.22. The van der Waals surface area contributed by atoms with Gasteiger partial charge in [-0.15, -0.1) is 0 Å². The monoisotopic (exact) mass is 135 g/mol. The molecule has 0 heterocycles. The SMILES string of the molecule is CC(O)CNCCS. The van der Waals surface area contributed by atoms with Crippen LogP contribution < -0.4 is 5.32 Å². The maximum atomic E-state index is 8.69. The van der Waals surface area contributed by atoms with Gasteiger partial charge in [-0.25, -0.2) is 0 Å². The number of aliphatic hydroxyl groups is 1. The van der Waals surface area contributed by atoms with Crippen molar-refractivity contribution < 1.29 is 5.11 Å². The van der Waals surface area contributed by atoms with Crippen molar-refractivity contribution in [3.05, 3.63) is 0 Å². The second kappa shape index (κ2) is 5.41. The third-order valence-electron chi connectivity index (χ3n) is 0.728. The lowest BCUT2D eigenvalue weighted by molar-refractivity contribution is 0.192. The van der Waals surface area contributed by atoms with Gasteiger partial charge >= 0.3 is 0 Å². The van der Waals surface area contributed by atoms with Crippen LogP contribution in [0.2, 0.25) is 0 Å². The van der Waals surface area contributed by atoms with E-state index in [2.05, 4.69) is 17.9 Å². The molecule has 3 heteroatoms. The van der Waals surface area contributed by atoms with Crippen LogP contribution in [0.15, 0.2) is 0 Å². The molecular formula is C5H13NOS. The zero-order valence-corrected chi connectivity index (χ0v) is 5.99. The number of thiol groups is 1. The molecule has 0 saturated carbocycles.